The van der Waals surface area contributed by atoms with E-state index >= 15 is 0 Å². The first-order chi connectivity index (χ1) is 12.2. The van der Waals surface area contributed by atoms with Crippen LogP contribution in [0.25, 0.3) is 0 Å². The van der Waals surface area contributed by atoms with Gasteiger partial charge in [-0.2, -0.15) is 0 Å². The molecule has 25 heavy (non-hydrogen) atoms. The molecule has 0 saturated carbocycles. The summed E-state index contributed by atoms with van der Waals surface area (Å²) in [6.45, 7) is 2.61. The number of benzene rings is 2. The van der Waals surface area contributed by atoms with Gasteiger partial charge in [0.2, 0.25) is 0 Å². The Morgan fingerprint density at radius 2 is 1.68 bits per heavy atom. The lowest BCUT2D eigenvalue weighted by atomic mass is 10.1. The summed E-state index contributed by atoms with van der Waals surface area (Å²) in [4.78, 5) is 2.09. The van der Waals surface area contributed by atoms with E-state index in [9.17, 15) is 5.11 Å². The lowest BCUT2D eigenvalue weighted by Gasteiger charge is -2.21. The summed E-state index contributed by atoms with van der Waals surface area (Å²) < 4.78 is 10.7. The van der Waals surface area contributed by atoms with Crippen LogP contribution < -0.4 is 4.74 Å². The Morgan fingerprint density at radius 3 is 2.36 bits per heavy atom. The molecule has 2 rings (SSSR count). The van der Waals surface area contributed by atoms with E-state index in [1.807, 2.05) is 61.6 Å². The summed E-state index contributed by atoms with van der Waals surface area (Å²) in [7, 11) is 2.00. The fraction of sp³-hybridized carbons (Fsp3) is 0.400. The monoisotopic (exact) mass is 345 g/mol. The molecular formula is C20H27NO4. The van der Waals surface area contributed by atoms with Gasteiger partial charge in [-0.15, -0.1) is 0 Å². The van der Waals surface area contributed by atoms with Crippen molar-refractivity contribution >= 4 is 0 Å². The van der Waals surface area contributed by atoms with Crippen LogP contribution in [0.5, 0.6) is 5.75 Å². The number of likely N-dealkylation sites (N-methyl/N-ethyl adjacent to an activating group) is 1. The van der Waals surface area contributed by atoms with Gasteiger partial charge in [-0.05, 0) is 30.3 Å². The maximum atomic E-state index is 10.3. The molecule has 0 saturated heterocycles. The predicted octanol–water partition coefficient (Wildman–Crippen LogP) is 2.24. The van der Waals surface area contributed by atoms with Crippen molar-refractivity contribution in [2.24, 2.45) is 0 Å². The van der Waals surface area contributed by atoms with E-state index in [4.69, 9.17) is 14.6 Å². The first-order valence-electron chi connectivity index (χ1n) is 8.51. The van der Waals surface area contributed by atoms with Gasteiger partial charge < -0.3 is 19.7 Å². The smallest absolute Gasteiger partial charge is 0.119 e. The van der Waals surface area contributed by atoms with E-state index in [0.717, 1.165) is 23.4 Å². The van der Waals surface area contributed by atoms with Crippen molar-refractivity contribution in [1.82, 2.24) is 4.90 Å². The third-order valence-electron chi connectivity index (χ3n) is 3.78. The third kappa shape index (κ3) is 7.23. The molecule has 2 aromatic carbocycles. The molecule has 5 heteroatoms. The Kier molecular flexibility index (Phi) is 8.42. The second kappa shape index (κ2) is 10.8. The molecule has 5 nitrogen and oxygen atoms in total. The molecule has 0 heterocycles. The molecule has 0 aromatic heterocycles. The highest BCUT2D eigenvalue weighted by Gasteiger charge is 2.10. The van der Waals surface area contributed by atoms with Gasteiger partial charge in [0.25, 0.3) is 0 Å². The molecule has 1 atom stereocenters. The quantitative estimate of drug-likeness (QED) is 0.612. The SMILES string of the molecule is CN(Cc1ccc(OCCOCCO)cc1)CC(O)c1ccccc1. The van der Waals surface area contributed by atoms with E-state index in [1.165, 1.54) is 0 Å². The van der Waals surface area contributed by atoms with Crippen LogP contribution in [0.15, 0.2) is 54.6 Å². The van der Waals surface area contributed by atoms with Gasteiger partial charge in [0, 0.05) is 13.1 Å². The van der Waals surface area contributed by atoms with Crippen molar-refractivity contribution in [2.45, 2.75) is 12.6 Å². The molecular weight excluding hydrogens is 318 g/mol. The Labute approximate surface area is 149 Å². The Bertz CT molecular complexity index is 588. The van der Waals surface area contributed by atoms with Crippen LogP contribution in [-0.2, 0) is 11.3 Å². The molecule has 0 fully saturated rings. The molecule has 0 amide bonds. The number of hydrogen-bond acceptors (Lipinski definition) is 5. The lowest BCUT2D eigenvalue weighted by molar-refractivity contribution is 0.0705. The summed E-state index contributed by atoms with van der Waals surface area (Å²) in [6.07, 6.45) is -0.493. The zero-order valence-electron chi connectivity index (χ0n) is 14.7. The van der Waals surface area contributed by atoms with Gasteiger partial charge in [-0.3, -0.25) is 4.90 Å². The molecule has 0 aliphatic heterocycles. The van der Waals surface area contributed by atoms with E-state index in [1.54, 1.807) is 0 Å². The van der Waals surface area contributed by atoms with Crippen molar-refractivity contribution in [3.05, 3.63) is 65.7 Å². The van der Waals surface area contributed by atoms with Crippen LogP contribution in [-0.4, -0.2) is 55.1 Å². The van der Waals surface area contributed by atoms with E-state index in [0.29, 0.717) is 26.4 Å². The van der Waals surface area contributed by atoms with Crippen LogP contribution in [0.1, 0.15) is 17.2 Å². The highest BCUT2D eigenvalue weighted by Crippen LogP contribution is 2.16. The van der Waals surface area contributed by atoms with Gasteiger partial charge in [-0.1, -0.05) is 42.5 Å². The number of ether oxygens (including phenoxy) is 2. The first-order valence-corrected chi connectivity index (χ1v) is 8.51. The number of aliphatic hydroxyl groups is 2. The van der Waals surface area contributed by atoms with Crippen molar-refractivity contribution in [2.75, 3.05) is 40.0 Å². The van der Waals surface area contributed by atoms with Crippen LogP contribution >= 0.6 is 0 Å². The number of hydrogen-bond donors (Lipinski definition) is 2. The molecule has 0 spiro atoms. The standard InChI is InChI=1S/C20H27NO4/c1-21(16-20(23)18-5-3-2-4-6-18)15-17-7-9-19(10-8-17)25-14-13-24-12-11-22/h2-10,20,22-23H,11-16H2,1H3. The fourth-order valence-electron chi connectivity index (χ4n) is 2.53. The van der Waals surface area contributed by atoms with Crippen molar-refractivity contribution in [3.8, 4) is 5.75 Å². The summed E-state index contributed by atoms with van der Waals surface area (Å²) in [5.41, 5.74) is 2.09. The van der Waals surface area contributed by atoms with Gasteiger partial charge in [-0.25, -0.2) is 0 Å². The zero-order chi connectivity index (χ0) is 17.9. The highest BCUT2D eigenvalue weighted by molar-refractivity contribution is 5.27. The lowest BCUT2D eigenvalue weighted by Crippen LogP contribution is -2.24. The van der Waals surface area contributed by atoms with Gasteiger partial charge >= 0.3 is 0 Å². The van der Waals surface area contributed by atoms with Crippen LogP contribution in [0.4, 0.5) is 0 Å². The van der Waals surface area contributed by atoms with Crippen LogP contribution in [0.3, 0.4) is 0 Å². The molecule has 0 bridgehead atoms. The fourth-order valence-corrected chi connectivity index (χ4v) is 2.53. The number of nitrogens with zero attached hydrogens (tertiary/aromatic N) is 1. The number of aliphatic hydroxyl groups excluding tert-OH is 2. The average molecular weight is 345 g/mol. The van der Waals surface area contributed by atoms with Crippen LogP contribution in [0.2, 0.25) is 0 Å². The molecule has 0 aliphatic carbocycles. The van der Waals surface area contributed by atoms with Crippen molar-refractivity contribution in [3.63, 3.8) is 0 Å². The maximum absolute atomic E-state index is 10.3. The largest absolute Gasteiger partial charge is 0.491 e. The van der Waals surface area contributed by atoms with Crippen molar-refractivity contribution in [1.29, 1.82) is 0 Å². The van der Waals surface area contributed by atoms with Gasteiger partial charge in [0.1, 0.15) is 12.4 Å². The minimum Gasteiger partial charge on any atom is -0.491 e. The molecule has 1 unspecified atom stereocenters. The first kappa shape index (κ1) is 19.4. The topological polar surface area (TPSA) is 62.2 Å². The second-order valence-electron chi connectivity index (χ2n) is 5.95. The minimum absolute atomic E-state index is 0.0290. The third-order valence-corrected chi connectivity index (χ3v) is 3.78. The zero-order valence-corrected chi connectivity index (χ0v) is 14.7. The Hall–Kier alpha value is -1.92. The minimum atomic E-state index is -0.493. The summed E-state index contributed by atoms with van der Waals surface area (Å²) >= 11 is 0. The second-order valence-corrected chi connectivity index (χ2v) is 5.95. The normalized spacial score (nSPS) is 12.3. The maximum Gasteiger partial charge on any atom is 0.119 e. The number of rotatable bonds is 11. The molecule has 0 aliphatic rings. The van der Waals surface area contributed by atoms with Gasteiger partial charge in [0.15, 0.2) is 0 Å². The van der Waals surface area contributed by atoms with Gasteiger partial charge in [0.05, 0.1) is 25.9 Å². The van der Waals surface area contributed by atoms with Crippen LogP contribution in [0, 0.1) is 0 Å². The Morgan fingerprint density at radius 1 is 0.960 bits per heavy atom. The van der Waals surface area contributed by atoms with E-state index in [2.05, 4.69) is 4.90 Å². The average Bonchev–Trinajstić information content (AvgIpc) is 2.63. The van der Waals surface area contributed by atoms with E-state index in [-0.39, 0.29) is 6.61 Å². The van der Waals surface area contributed by atoms with E-state index < -0.39 is 6.10 Å². The van der Waals surface area contributed by atoms with Crippen molar-refractivity contribution < 1.29 is 19.7 Å². The molecule has 136 valence electrons. The molecule has 2 N–H and O–H groups in total. The predicted molar refractivity (Wildman–Crippen MR) is 97.6 cm³/mol. The molecule has 2 aromatic rings. The summed E-state index contributed by atoms with van der Waals surface area (Å²) in [5.74, 6) is 0.795. The summed E-state index contributed by atoms with van der Waals surface area (Å²) in [5, 5.41) is 18.9. The molecule has 0 radical (unpaired) electrons. The highest BCUT2D eigenvalue weighted by atomic mass is 16.5. The summed E-state index contributed by atoms with van der Waals surface area (Å²) in [6, 6.07) is 17.6. The Balaban J connectivity index is 1.74.